The van der Waals surface area contributed by atoms with Gasteiger partial charge in [-0.15, -0.1) is 11.6 Å². The number of carbonyl (C=O) groups is 2. The number of carbonyl (C=O) groups excluding carboxylic acids is 2. The van der Waals surface area contributed by atoms with Crippen LogP contribution in [0.3, 0.4) is 0 Å². The number of pyridine rings is 1. The first-order valence-corrected chi connectivity index (χ1v) is 12.5. The number of hydrogen-bond donors (Lipinski definition) is 1. The Bertz CT molecular complexity index is 1300. The zero-order valence-electron chi connectivity index (χ0n) is 20.4. The van der Waals surface area contributed by atoms with Crippen molar-refractivity contribution in [2.75, 3.05) is 44.1 Å². The largest absolute Gasteiger partial charge is 0.462 e. The molecular formula is C25H29Cl3N4O4. The van der Waals surface area contributed by atoms with Crippen LogP contribution in [-0.4, -0.2) is 60.5 Å². The summed E-state index contributed by atoms with van der Waals surface area (Å²) in [4.78, 5) is 42.6. The van der Waals surface area contributed by atoms with Crippen molar-refractivity contribution in [3.8, 4) is 0 Å². The molecule has 0 spiro atoms. The molecule has 1 amide bonds. The first-order valence-electron chi connectivity index (χ1n) is 11.0. The minimum Gasteiger partial charge on any atom is -0.462 e. The number of piperazine rings is 1. The van der Waals surface area contributed by atoms with Gasteiger partial charge >= 0.3 is 5.97 Å². The maximum atomic E-state index is 13.1. The van der Waals surface area contributed by atoms with E-state index in [1.54, 1.807) is 37.1 Å². The van der Waals surface area contributed by atoms with E-state index in [1.165, 1.54) is 11.0 Å². The number of amides is 1. The SMILES string of the molecule is CCOC(=O)c1c(N2CCN(C(=O)c3ccc(Cl)c(Cl)c3)CC2)c2ccccc2n(C)c1=O.CCl.N. The van der Waals surface area contributed by atoms with Gasteiger partial charge in [0.2, 0.25) is 0 Å². The number of halogens is 3. The molecule has 0 aliphatic carbocycles. The number of ether oxygens (including phenoxy) is 1. The number of hydrogen-bond acceptors (Lipinski definition) is 6. The molecule has 1 saturated heterocycles. The van der Waals surface area contributed by atoms with Gasteiger partial charge in [-0.05, 0) is 31.2 Å². The van der Waals surface area contributed by atoms with Crippen molar-refractivity contribution < 1.29 is 14.3 Å². The van der Waals surface area contributed by atoms with E-state index in [0.717, 1.165) is 10.9 Å². The predicted octanol–water partition coefficient (Wildman–Crippen LogP) is 5.00. The van der Waals surface area contributed by atoms with Gasteiger partial charge in [-0.2, -0.15) is 0 Å². The van der Waals surface area contributed by atoms with Gasteiger partial charge in [0.05, 0.1) is 27.9 Å². The summed E-state index contributed by atoms with van der Waals surface area (Å²) < 4.78 is 6.68. The zero-order chi connectivity index (χ0) is 25.7. The van der Waals surface area contributed by atoms with E-state index in [-0.39, 0.29) is 24.2 Å². The van der Waals surface area contributed by atoms with Crippen LogP contribution in [0, 0.1) is 0 Å². The number of anilines is 1. The molecule has 194 valence electrons. The number of esters is 1. The second kappa shape index (κ2) is 13.0. The fraction of sp³-hybridized carbons (Fsp3) is 0.320. The summed E-state index contributed by atoms with van der Waals surface area (Å²) in [5.74, 6) is -0.791. The normalized spacial score (nSPS) is 12.9. The van der Waals surface area contributed by atoms with Crippen molar-refractivity contribution >= 4 is 63.3 Å². The summed E-state index contributed by atoms with van der Waals surface area (Å²) in [6.45, 7) is 3.62. The molecule has 2 aromatic carbocycles. The molecule has 11 heteroatoms. The summed E-state index contributed by atoms with van der Waals surface area (Å²) in [7, 11) is 1.64. The molecule has 3 N–H and O–H groups in total. The van der Waals surface area contributed by atoms with E-state index in [1.807, 2.05) is 29.2 Å². The van der Waals surface area contributed by atoms with E-state index < -0.39 is 11.5 Å². The van der Waals surface area contributed by atoms with Gasteiger partial charge in [-0.3, -0.25) is 9.59 Å². The summed E-state index contributed by atoms with van der Waals surface area (Å²) in [5, 5.41) is 1.50. The fourth-order valence-corrected chi connectivity index (χ4v) is 4.44. The third kappa shape index (κ3) is 5.78. The summed E-state index contributed by atoms with van der Waals surface area (Å²) in [6.07, 6.45) is 1.47. The molecule has 0 atom stereocenters. The highest BCUT2D eigenvalue weighted by Gasteiger charge is 2.29. The van der Waals surface area contributed by atoms with E-state index in [4.69, 9.17) is 27.9 Å². The molecule has 36 heavy (non-hydrogen) atoms. The lowest BCUT2D eigenvalue weighted by molar-refractivity contribution is 0.0523. The molecule has 0 saturated carbocycles. The minimum absolute atomic E-state index is 0. The maximum Gasteiger partial charge on any atom is 0.345 e. The molecular weight excluding hydrogens is 527 g/mol. The summed E-state index contributed by atoms with van der Waals surface area (Å²) >= 11 is 16.7. The molecule has 1 aromatic heterocycles. The number of fused-ring (bicyclic) bond motifs is 1. The second-order valence-electron chi connectivity index (χ2n) is 7.73. The van der Waals surface area contributed by atoms with Crippen LogP contribution in [0.15, 0.2) is 47.3 Å². The number of para-hydroxylation sites is 1. The number of aryl methyl sites for hydroxylation is 1. The monoisotopic (exact) mass is 554 g/mol. The van der Waals surface area contributed by atoms with Crippen LogP contribution in [0.2, 0.25) is 10.0 Å². The highest BCUT2D eigenvalue weighted by molar-refractivity contribution is 6.42. The number of aromatic nitrogens is 1. The topological polar surface area (TPSA) is 107 Å². The quantitative estimate of drug-likeness (QED) is 0.359. The van der Waals surface area contributed by atoms with Crippen LogP contribution in [-0.2, 0) is 11.8 Å². The lowest BCUT2D eigenvalue weighted by Gasteiger charge is -2.37. The Morgan fingerprint density at radius 1 is 0.972 bits per heavy atom. The van der Waals surface area contributed by atoms with Gasteiger partial charge in [0, 0.05) is 50.6 Å². The van der Waals surface area contributed by atoms with Crippen LogP contribution in [0.5, 0.6) is 0 Å². The Morgan fingerprint density at radius 3 is 2.22 bits per heavy atom. The van der Waals surface area contributed by atoms with Gasteiger partial charge in [-0.1, -0.05) is 41.4 Å². The fourth-order valence-electron chi connectivity index (χ4n) is 4.14. The lowest BCUT2D eigenvalue weighted by atomic mass is 10.1. The van der Waals surface area contributed by atoms with E-state index in [2.05, 4.69) is 11.6 Å². The highest BCUT2D eigenvalue weighted by atomic mass is 35.5. The molecule has 8 nitrogen and oxygen atoms in total. The van der Waals surface area contributed by atoms with E-state index in [0.29, 0.717) is 47.5 Å². The number of alkyl halides is 1. The van der Waals surface area contributed by atoms with Crippen molar-refractivity contribution in [3.05, 3.63) is 74.0 Å². The Morgan fingerprint density at radius 2 is 1.61 bits per heavy atom. The predicted molar refractivity (Wildman–Crippen MR) is 147 cm³/mol. The van der Waals surface area contributed by atoms with Gasteiger partial charge < -0.3 is 25.3 Å². The van der Waals surface area contributed by atoms with Crippen LogP contribution >= 0.6 is 34.8 Å². The Labute approximate surface area is 224 Å². The smallest absolute Gasteiger partial charge is 0.345 e. The van der Waals surface area contributed by atoms with Crippen LogP contribution in [0.25, 0.3) is 10.9 Å². The first kappa shape index (κ1) is 29.5. The van der Waals surface area contributed by atoms with Crippen molar-refractivity contribution in [1.29, 1.82) is 0 Å². The summed E-state index contributed by atoms with van der Waals surface area (Å²) in [6, 6.07) is 12.3. The highest BCUT2D eigenvalue weighted by Crippen LogP contribution is 2.30. The molecule has 3 aromatic rings. The molecule has 0 unspecified atom stereocenters. The van der Waals surface area contributed by atoms with Crippen LogP contribution in [0.4, 0.5) is 5.69 Å². The van der Waals surface area contributed by atoms with Crippen molar-refractivity contribution in [2.24, 2.45) is 7.05 Å². The summed E-state index contributed by atoms with van der Waals surface area (Å²) in [5.41, 5.74) is 1.34. The first-order chi connectivity index (χ1) is 16.8. The van der Waals surface area contributed by atoms with Crippen molar-refractivity contribution in [3.63, 3.8) is 0 Å². The molecule has 1 fully saturated rings. The number of rotatable bonds is 4. The van der Waals surface area contributed by atoms with Gasteiger partial charge in [0.15, 0.2) is 0 Å². The average Bonchev–Trinajstić information content (AvgIpc) is 2.88. The Balaban J connectivity index is 0.00000148. The molecule has 1 aliphatic rings. The molecule has 0 radical (unpaired) electrons. The Hall–Kier alpha value is -2.78. The molecule has 4 rings (SSSR count). The van der Waals surface area contributed by atoms with Crippen LogP contribution < -0.4 is 16.6 Å². The van der Waals surface area contributed by atoms with E-state index >= 15 is 0 Å². The average molecular weight is 556 g/mol. The maximum absolute atomic E-state index is 13.1. The molecule has 1 aliphatic heterocycles. The van der Waals surface area contributed by atoms with Crippen LogP contribution in [0.1, 0.15) is 27.6 Å². The van der Waals surface area contributed by atoms with Gasteiger partial charge in [0.25, 0.3) is 11.5 Å². The number of benzene rings is 2. The number of nitrogens with zero attached hydrogens (tertiary/aromatic N) is 3. The minimum atomic E-state index is -0.645. The molecule has 2 heterocycles. The third-order valence-corrected chi connectivity index (χ3v) is 6.54. The van der Waals surface area contributed by atoms with Gasteiger partial charge in [0.1, 0.15) is 5.56 Å². The second-order valence-corrected chi connectivity index (χ2v) is 8.55. The van der Waals surface area contributed by atoms with E-state index in [9.17, 15) is 14.4 Å². The van der Waals surface area contributed by atoms with Crippen molar-refractivity contribution in [1.82, 2.24) is 15.6 Å². The zero-order valence-corrected chi connectivity index (χ0v) is 22.7. The standard InChI is InChI=1S/C24H23Cl2N3O4.CH3Cl.H3N/c1-3-33-24(32)20-21(16-6-4-5-7-19(16)27(2)23(20)31)28-10-12-29(13-11-28)22(30)15-8-9-17(25)18(26)14-15;1-2;/h4-9,14H,3,10-13H2,1-2H3;1H3;1H3. The van der Waals surface area contributed by atoms with Gasteiger partial charge in [-0.25, -0.2) is 4.79 Å². The molecule has 0 bridgehead atoms. The van der Waals surface area contributed by atoms with Crippen molar-refractivity contribution in [2.45, 2.75) is 6.92 Å². The third-order valence-electron chi connectivity index (χ3n) is 5.81. The Kier molecular flexibility index (Phi) is 10.6. The lowest BCUT2D eigenvalue weighted by Crippen LogP contribution is -2.49.